The highest BCUT2D eigenvalue weighted by molar-refractivity contribution is 7.91. The number of aliphatic carboxylic acids is 1. The van der Waals surface area contributed by atoms with Crippen LogP contribution in [0.2, 0.25) is 0 Å². The zero-order valence-electron chi connectivity index (χ0n) is 12.0. The lowest BCUT2D eigenvalue weighted by Gasteiger charge is -2.43. The van der Waals surface area contributed by atoms with Gasteiger partial charge < -0.3 is 10.0 Å². The van der Waals surface area contributed by atoms with Crippen LogP contribution >= 0.6 is 0 Å². The summed E-state index contributed by atoms with van der Waals surface area (Å²) < 4.78 is 24.1. The zero-order valence-corrected chi connectivity index (χ0v) is 12.8. The van der Waals surface area contributed by atoms with Gasteiger partial charge in [0.1, 0.15) is 0 Å². The van der Waals surface area contributed by atoms with Crippen molar-refractivity contribution >= 4 is 21.8 Å². The summed E-state index contributed by atoms with van der Waals surface area (Å²) in [7, 11) is -3.13. The Morgan fingerprint density at radius 3 is 2.59 bits per heavy atom. The number of anilines is 1. The van der Waals surface area contributed by atoms with Gasteiger partial charge in [0.15, 0.2) is 9.84 Å². The number of nitrogens with zero attached hydrogens (tertiary/aromatic N) is 4. The molecule has 0 amide bonds. The molecule has 0 aromatic carbocycles. The smallest absolute Gasteiger partial charge is 0.304 e. The van der Waals surface area contributed by atoms with Gasteiger partial charge in [-0.25, -0.2) is 18.4 Å². The summed E-state index contributed by atoms with van der Waals surface area (Å²) in [5.41, 5.74) is 0. The van der Waals surface area contributed by atoms with Gasteiger partial charge in [0, 0.05) is 38.1 Å². The maximum Gasteiger partial charge on any atom is 0.304 e. The molecule has 0 bridgehead atoms. The second-order valence-electron chi connectivity index (χ2n) is 5.63. The first-order valence-corrected chi connectivity index (χ1v) is 8.98. The molecule has 3 heterocycles. The van der Waals surface area contributed by atoms with Crippen LogP contribution in [-0.4, -0.2) is 77.6 Å². The Balaban J connectivity index is 1.83. The van der Waals surface area contributed by atoms with E-state index in [-0.39, 0.29) is 30.0 Å². The third-order valence-electron chi connectivity index (χ3n) is 4.21. The maximum absolute atomic E-state index is 12.0. The summed E-state index contributed by atoms with van der Waals surface area (Å²) in [6, 6.07) is 1.31. The molecule has 9 heteroatoms. The quantitative estimate of drug-likeness (QED) is 0.770. The van der Waals surface area contributed by atoms with Crippen molar-refractivity contribution in [3.63, 3.8) is 0 Å². The van der Waals surface area contributed by atoms with Gasteiger partial charge in [-0.3, -0.25) is 9.69 Å². The van der Waals surface area contributed by atoms with Crippen LogP contribution in [0.4, 0.5) is 5.95 Å². The SMILES string of the molecule is O=C(O)CCN1CCN(c2ncccn2)[C@@H]2CS(=O)(=O)C[C@@H]21. The van der Waals surface area contributed by atoms with Gasteiger partial charge in [0.25, 0.3) is 0 Å². The summed E-state index contributed by atoms with van der Waals surface area (Å²) in [6.45, 7) is 1.58. The van der Waals surface area contributed by atoms with Gasteiger partial charge >= 0.3 is 5.97 Å². The Kier molecular flexibility index (Phi) is 4.00. The lowest BCUT2D eigenvalue weighted by Crippen LogP contribution is -2.60. The number of carboxylic acids is 1. The summed E-state index contributed by atoms with van der Waals surface area (Å²) in [4.78, 5) is 23.1. The fraction of sp³-hybridized carbons (Fsp3) is 0.615. The molecule has 0 aliphatic carbocycles. The van der Waals surface area contributed by atoms with E-state index < -0.39 is 15.8 Å². The Morgan fingerprint density at radius 1 is 1.23 bits per heavy atom. The highest BCUT2D eigenvalue weighted by atomic mass is 32.2. The lowest BCUT2D eigenvalue weighted by atomic mass is 10.0. The number of carbonyl (C=O) groups is 1. The standard InChI is InChI=1S/C13H18N4O4S/c18-12(19)2-5-16-6-7-17(13-14-3-1-4-15-13)11-9-22(20,21)8-10(11)16/h1,3-4,10-11H,2,5-9H2,(H,18,19)/t10-,11+/m0/s1. The van der Waals surface area contributed by atoms with Crippen LogP contribution in [-0.2, 0) is 14.6 Å². The molecule has 2 fully saturated rings. The van der Waals surface area contributed by atoms with Gasteiger partial charge in [-0.1, -0.05) is 0 Å². The van der Waals surface area contributed by atoms with Gasteiger partial charge in [0.05, 0.1) is 24.0 Å². The van der Waals surface area contributed by atoms with Crippen LogP contribution in [0.25, 0.3) is 0 Å². The molecule has 1 N–H and O–H groups in total. The Morgan fingerprint density at radius 2 is 1.91 bits per heavy atom. The molecule has 2 aliphatic heterocycles. The number of fused-ring (bicyclic) bond motifs is 1. The third kappa shape index (κ3) is 3.05. The first-order chi connectivity index (χ1) is 10.5. The van der Waals surface area contributed by atoms with E-state index in [1.165, 1.54) is 0 Å². The van der Waals surface area contributed by atoms with E-state index in [1.807, 2.05) is 9.80 Å². The third-order valence-corrected chi connectivity index (χ3v) is 5.91. The molecule has 1 aromatic heterocycles. The summed E-state index contributed by atoms with van der Waals surface area (Å²) in [6.07, 6.45) is 3.29. The number of rotatable bonds is 4. The van der Waals surface area contributed by atoms with Crippen molar-refractivity contribution in [3.05, 3.63) is 18.5 Å². The van der Waals surface area contributed by atoms with E-state index in [1.54, 1.807) is 18.5 Å². The van der Waals surface area contributed by atoms with Crippen LogP contribution < -0.4 is 4.90 Å². The highest BCUT2D eigenvalue weighted by Gasteiger charge is 2.47. The minimum atomic E-state index is -3.13. The van der Waals surface area contributed by atoms with Crippen molar-refractivity contribution in [2.75, 3.05) is 36.0 Å². The fourth-order valence-electron chi connectivity index (χ4n) is 3.23. The van der Waals surface area contributed by atoms with E-state index in [2.05, 4.69) is 9.97 Å². The van der Waals surface area contributed by atoms with Crippen LogP contribution in [0.3, 0.4) is 0 Å². The molecule has 22 heavy (non-hydrogen) atoms. The molecular weight excluding hydrogens is 308 g/mol. The maximum atomic E-state index is 12.0. The molecular formula is C13H18N4O4S. The van der Waals surface area contributed by atoms with Gasteiger partial charge in [-0.2, -0.15) is 0 Å². The molecule has 1 aromatic rings. The van der Waals surface area contributed by atoms with Crippen LogP contribution in [0.1, 0.15) is 6.42 Å². The second-order valence-corrected chi connectivity index (χ2v) is 7.79. The van der Waals surface area contributed by atoms with Crippen LogP contribution in [0.15, 0.2) is 18.5 Å². The second kappa shape index (κ2) is 5.81. The van der Waals surface area contributed by atoms with E-state index in [0.717, 1.165) is 0 Å². The topological polar surface area (TPSA) is 104 Å². The van der Waals surface area contributed by atoms with E-state index in [9.17, 15) is 13.2 Å². The molecule has 0 unspecified atom stereocenters. The van der Waals surface area contributed by atoms with E-state index >= 15 is 0 Å². The monoisotopic (exact) mass is 326 g/mol. The average Bonchev–Trinajstić information content (AvgIpc) is 2.80. The normalized spacial score (nSPS) is 27.5. The van der Waals surface area contributed by atoms with Gasteiger partial charge in [0.2, 0.25) is 5.95 Å². The largest absolute Gasteiger partial charge is 0.481 e. The van der Waals surface area contributed by atoms with E-state index in [0.29, 0.717) is 25.6 Å². The predicted molar refractivity (Wildman–Crippen MR) is 79.4 cm³/mol. The van der Waals surface area contributed by atoms with Crippen molar-refractivity contribution in [3.8, 4) is 0 Å². The first kappa shape index (κ1) is 15.2. The van der Waals surface area contributed by atoms with Gasteiger partial charge in [-0.05, 0) is 6.07 Å². The van der Waals surface area contributed by atoms with E-state index in [4.69, 9.17) is 5.11 Å². The van der Waals surface area contributed by atoms with Crippen molar-refractivity contribution in [1.82, 2.24) is 14.9 Å². The van der Waals surface area contributed by atoms with Crippen molar-refractivity contribution in [2.24, 2.45) is 0 Å². The molecule has 8 nitrogen and oxygen atoms in total. The van der Waals surface area contributed by atoms with Gasteiger partial charge in [-0.15, -0.1) is 0 Å². The molecule has 2 atom stereocenters. The number of carboxylic acid groups (broad SMARTS) is 1. The Bertz CT molecular complexity index is 651. The predicted octanol–water partition coefficient (Wildman–Crippen LogP) is -0.761. The highest BCUT2D eigenvalue weighted by Crippen LogP contribution is 2.29. The van der Waals surface area contributed by atoms with Crippen molar-refractivity contribution < 1.29 is 18.3 Å². The first-order valence-electron chi connectivity index (χ1n) is 7.16. The number of aromatic nitrogens is 2. The molecule has 2 aliphatic rings. The lowest BCUT2D eigenvalue weighted by molar-refractivity contribution is -0.137. The molecule has 2 saturated heterocycles. The number of hydrogen-bond acceptors (Lipinski definition) is 7. The number of piperazine rings is 1. The molecule has 0 saturated carbocycles. The minimum Gasteiger partial charge on any atom is -0.481 e. The summed E-state index contributed by atoms with van der Waals surface area (Å²) in [5, 5.41) is 8.84. The van der Waals surface area contributed by atoms with Crippen LogP contribution in [0.5, 0.6) is 0 Å². The average molecular weight is 326 g/mol. The fourth-order valence-corrected chi connectivity index (χ4v) is 5.24. The summed E-state index contributed by atoms with van der Waals surface area (Å²) >= 11 is 0. The van der Waals surface area contributed by atoms with Crippen molar-refractivity contribution in [2.45, 2.75) is 18.5 Å². The zero-order chi connectivity index (χ0) is 15.7. The number of sulfone groups is 1. The Hall–Kier alpha value is -1.74. The molecule has 120 valence electrons. The molecule has 0 radical (unpaired) electrons. The summed E-state index contributed by atoms with van der Waals surface area (Å²) in [5.74, 6) is -0.196. The van der Waals surface area contributed by atoms with Crippen LogP contribution in [0, 0.1) is 0 Å². The Labute approximate surface area is 128 Å². The minimum absolute atomic E-state index is 0.0190. The molecule has 3 rings (SSSR count). The molecule has 0 spiro atoms. The number of hydrogen-bond donors (Lipinski definition) is 1. The van der Waals surface area contributed by atoms with Crippen molar-refractivity contribution in [1.29, 1.82) is 0 Å².